The van der Waals surface area contributed by atoms with Crippen LogP contribution in [0.15, 0.2) is 48.5 Å². The van der Waals surface area contributed by atoms with Crippen molar-refractivity contribution in [2.24, 2.45) is 0 Å². The maximum Gasteiger partial charge on any atom is 0.262 e. The molecule has 8 heteroatoms. The van der Waals surface area contributed by atoms with Gasteiger partial charge in [0.05, 0.1) is 18.7 Å². The fraction of sp³-hybridized carbons (Fsp3) is 0.176. The third-order valence-corrected chi connectivity index (χ3v) is 3.65. The lowest BCUT2D eigenvalue weighted by molar-refractivity contribution is -0.118. The highest BCUT2D eigenvalue weighted by molar-refractivity contribution is 7.92. The van der Waals surface area contributed by atoms with Gasteiger partial charge >= 0.3 is 0 Å². The predicted octanol–water partition coefficient (Wildman–Crippen LogP) is 2.14. The van der Waals surface area contributed by atoms with E-state index in [1.165, 1.54) is 0 Å². The Kier molecular flexibility index (Phi) is 5.98. The zero-order valence-corrected chi connectivity index (χ0v) is 14.3. The molecular weight excluding hydrogens is 342 g/mol. The van der Waals surface area contributed by atoms with E-state index in [0.717, 1.165) is 11.8 Å². The Morgan fingerprint density at radius 2 is 1.68 bits per heavy atom. The third kappa shape index (κ3) is 6.53. The normalized spacial score (nSPS) is 10.6. The molecule has 2 aromatic rings. The van der Waals surface area contributed by atoms with Crippen LogP contribution in [-0.4, -0.2) is 27.2 Å². The van der Waals surface area contributed by atoms with Gasteiger partial charge in [0, 0.05) is 11.4 Å². The summed E-state index contributed by atoms with van der Waals surface area (Å²) in [5, 5.41) is 11.3. The highest BCUT2D eigenvalue weighted by Gasteiger charge is 2.05. The maximum atomic E-state index is 11.9. The van der Waals surface area contributed by atoms with Crippen LogP contribution in [0.2, 0.25) is 0 Å². The number of rotatable bonds is 7. The summed E-state index contributed by atoms with van der Waals surface area (Å²) in [6, 6.07) is 15.3. The summed E-state index contributed by atoms with van der Waals surface area (Å²) in [6.07, 6.45) is 1.39. The van der Waals surface area contributed by atoms with Gasteiger partial charge in [-0.2, -0.15) is 5.26 Å². The van der Waals surface area contributed by atoms with Gasteiger partial charge in [-0.1, -0.05) is 12.1 Å². The number of nitrogens with one attached hydrogen (secondary N) is 2. The number of amides is 1. The average molecular weight is 359 g/mol. The van der Waals surface area contributed by atoms with E-state index in [0.29, 0.717) is 23.5 Å². The molecule has 0 fully saturated rings. The summed E-state index contributed by atoms with van der Waals surface area (Å²) >= 11 is 0. The van der Waals surface area contributed by atoms with Crippen LogP contribution < -0.4 is 14.8 Å². The van der Waals surface area contributed by atoms with Crippen LogP contribution in [0.25, 0.3) is 0 Å². The first-order valence-corrected chi connectivity index (χ1v) is 9.21. The number of hydrogen-bond donors (Lipinski definition) is 2. The first kappa shape index (κ1) is 18.3. The molecule has 0 aliphatic rings. The van der Waals surface area contributed by atoms with Crippen molar-refractivity contribution in [3.05, 3.63) is 54.1 Å². The number of ether oxygens (including phenoxy) is 1. The molecule has 0 aliphatic carbocycles. The number of carbonyl (C=O) groups is 1. The van der Waals surface area contributed by atoms with Crippen LogP contribution in [0, 0.1) is 11.3 Å². The van der Waals surface area contributed by atoms with Crippen molar-refractivity contribution < 1.29 is 17.9 Å². The summed E-state index contributed by atoms with van der Waals surface area (Å²) in [4.78, 5) is 11.9. The molecule has 2 rings (SSSR count). The minimum absolute atomic E-state index is 0.166. The van der Waals surface area contributed by atoms with Gasteiger partial charge in [-0.15, -0.1) is 0 Å². The molecule has 0 saturated heterocycles. The van der Waals surface area contributed by atoms with Gasteiger partial charge in [-0.05, 0) is 42.0 Å². The first-order valence-electron chi connectivity index (χ1n) is 7.32. The number of sulfonamides is 1. The Balaban J connectivity index is 1.84. The maximum absolute atomic E-state index is 11.9. The van der Waals surface area contributed by atoms with Gasteiger partial charge in [-0.25, -0.2) is 8.42 Å². The van der Waals surface area contributed by atoms with E-state index in [9.17, 15) is 13.2 Å². The van der Waals surface area contributed by atoms with Crippen LogP contribution in [0.3, 0.4) is 0 Å². The molecule has 0 saturated carbocycles. The molecular formula is C17H17N3O4S. The smallest absolute Gasteiger partial charge is 0.262 e. The van der Waals surface area contributed by atoms with E-state index in [2.05, 4.69) is 16.1 Å². The second-order valence-electron chi connectivity index (χ2n) is 5.27. The number of hydrogen-bond acceptors (Lipinski definition) is 5. The first-order chi connectivity index (χ1) is 11.9. The lowest BCUT2D eigenvalue weighted by Crippen LogP contribution is -2.20. The van der Waals surface area contributed by atoms with Gasteiger partial charge in [0.25, 0.3) is 5.91 Å². The monoisotopic (exact) mass is 359 g/mol. The van der Waals surface area contributed by atoms with Crippen LogP contribution in [0.1, 0.15) is 5.56 Å². The lowest BCUT2D eigenvalue weighted by atomic mass is 10.2. The average Bonchev–Trinajstić information content (AvgIpc) is 2.55. The van der Waals surface area contributed by atoms with Crippen molar-refractivity contribution in [1.29, 1.82) is 5.26 Å². The van der Waals surface area contributed by atoms with Crippen molar-refractivity contribution in [2.75, 3.05) is 22.9 Å². The van der Waals surface area contributed by atoms with Gasteiger partial charge in [0.15, 0.2) is 6.61 Å². The van der Waals surface area contributed by atoms with Crippen molar-refractivity contribution in [2.45, 2.75) is 6.42 Å². The minimum Gasteiger partial charge on any atom is -0.484 e. The topological polar surface area (TPSA) is 108 Å². The van der Waals surface area contributed by atoms with Crippen LogP contribution >= 0.6 is 0 Å². The Bertz CT molecular complexity index is 870. The van der Waals surface area contributed by atoms with Crippen LogP contribution in [0.4, 0.5) is 11.4 Å². The van der Waals surface area contributed by atoms with E-state index < -0.39 is 10.0 Å². The second-order valence-corrected chi connectivity index (χ2v) is 7.02. The largest absolute Gasteiger partial charge is 0.484 e. The van der Waals surface area contributed by atoms with Crippen molar-refractivity contribution in [3.63, 3.8) is 0 Å². The summed E-state index contributed by atoms with van der Waals surface area (Å²) in [7, 11) is -3.33. The van der Waals surface area contributed by atoms with Gasteiger partial charge in [0.2, 0.25) is 10.0 Å². The molecule has 0 unspecified atom stereocenters. The molecule has 0 bridgehead atoms. The highest BCUT2D eigenvalue weighted by atomic mass is 32.2. The molecule has 1 amide bonds. The van der Waals surface area contributed by atoms with Crippen molar-refractivity contribution >= 4 is 27.3 Å². The Hall–Kier alpha value is -3.05. The molecule has 7 nitrogen and oxygen atoms in total. The molecule has 25 heavy (non-hydrogen) atoms. The summed E-state index contributed by atoms with van der Waals surface area (Å²) < 4.78 is 30.0. The molecule has 2 N–H and O–H groups in total. The predicted molar refractivity (Wildman–Crippen MR) is 94.8 cm³/mol. The lowest BCUT2D eigenvalue weighted by Gasteiger charge is -2.09. The number of nitrogens with zero attached hydrogens (tertiary/aromatic N) is 1. The van der Waals surface area contributed by atoms with E-state index >= 15 is 0 Å². The minimum atomic E-state index is -3.33. The fourth-order valence-corrected chi connectivity index (χ4v) is 2.54. The van der Waals surface area contributed by atoms with E-state index in [1.54, 1.807) is 48.5 Å². The number of carbonyl (C=O) groups excluding carboxylic acids is 1. The molecule has 0 heterocycles. The second kappa shape index (κ2) is 8.17. The van der Waals surface area contributed by atoms with E-state index in [-0.39, 0.29) is 12.5 Å². The Labute approximate surface area is 146 Å². The van der Waals surface area contributed by atoms with Crippen molar-refractivity contribution in [1.82, 2.24) is 0 Å². The fourth-order valence-electron chi connectivity index (χ4n) is 1.98. The molecule has 2 aromatic carbocycles. The molecule has 0 aliphatic heterocycles. The molecule has 0 spiro atoms. The highest BCUT2D eigenvalue weighted by Crippen LogP contribution is 2.15. The van der Waals surface area contributed by atoms with E-state index in [4.69, 9.17) is 10.00 Å². The van der Waals surface area contributed by atoms with Crippen LogP contribution in [-0.2, 0) is 21.2 Å². The summed E-state index contributed by atoms with van der Waals surface area (Å²) in [5.74, 6) is 0.189. The van der Waals surface area contributed by atoms with Gasteiger partial charge in [-0.3, -0.25) is 9.52 Å². The zero-order valence-electron chi connectivity index (χ0n) is 13.5. The Morgan fingerprint density at radius 1 is 1.08 bits per heavy atom. The zero-order chi connectivity index (χ0) is 18.3. The third-order valence-electron chi connectivity index (χ3n) is 3.05. The molecule has 0 aromatic heterocycles. The molecule has 0 atom stereocenters. The Morgan fingerprint density at radius 3 is 2.24 bits per heavy atom. The van der Waals surface area contributed by atoms with Gasteiger partial charge < -0.3 is 10.1 Å². The standard InChI is InChI=1S/C17H17N3O4S/c1-25(22,23)20-15-6-4-14(5-7-15)19-17(21)12-24-16-8-2-13(3-9-16)10-11-18/h2-9,20H,10,12H2,1H3,(H,19,21). The molecule has 130 valence electrons. The summed E-state index contributed by atoms with van der Waals surface area (Å²) in [6.45, 7) is -0.166. The van der Waals surface area contributed by atoms with E-state index in [1.807, 2.05) is 0 Å². The SMILES string of the molecule is CS(=O)(=O)Nc1ccc(NC(=O)COc2ccc(CC#N)cc2)cc1. The quantitative estimate of drug-likeness (QED) is 0.787. The van der Waals surface area contributed by atoms with Crippen LogP contribution in [0.5, 0.6) is 5.75 Å². The number of anilines is 2. The summed E-state index contributed by atoms with van der Waals surface area (Å²) in [5.41, 5.74) is 1.81. The number of nitriles is 1. The van der Waals surface area contributed by atoms with Gasteiger partial charge in [0.1, 0.15) is 5.75 Å². The number of benzene rings is 2. The van der Waals surface area contributed by atoms with Crippen molar-refractivity contribution in [3.8, 4) is 11.8 Å². The molecule has 0 radical (unpaired) electrons.